The van der Waals surface area contributed by atoms with Crippen molar-refractivity contribution in [3.8, 4) is 0 Å². The van der Waals surface area contributed by atoms with Crippen LogP contribution >= 0.6 is 0 Å². The molecule has 54 heavy (non-hydrogen) atoms. The molecule has 0 unspecified atom stereocenters. The minimum Gasteiger partial charge on any atom is -0.335 e. The molecule has 0 aliphatic carbocycles. The Labute approximate surface area is 316 Å². The van der Waals surface area contributed by atoms with Crippen LogP contribution in [-0.4, -0.2) is 118 Å². The first-order valence-corrected chi connectivity index (χ1v) is 17.8. The van der Waals surface area contributed by atoms with E-state index >= 15 is 0 Å². The minimum atomic E-state index is -0.489. The number of likely N-dealkylation sites (N-methyl/N-ethyl adjacent to an activating group) is 2. The summed E-state index contributed by atoms with van der Waals surface area (Å²) in [6.45, 7) is -1.79. The molecule has 1 fully saturated rings. The Kier molecular flexibility index (Phi) is 13.7. The number of carbonyl (C=O) groups excluding carboxylic acids is 6. The summed E-state index contributed by atoms with van der Waals surface area (Å²) in [5, 5.41) is 0. The first kappa shape index (κ1) is 38.9. The molecule has 1 heterocycles. The third-order valence-corrected chi connectivity index (χ3v) is 9.18. The summed E-state index contributed by atoms with van der Waals surface area (Å²) in [4.78, 5) is 91.6. The molecule has 280 valence electrons. The smallest absolute Gasteiger partial charge is 0.242 e. The van der Waals surface area contributed by atoms with Crippen molar-refractivity contribution < 1.29 is 28.8 Å². The molecule has 4 aromatic carbocycles. The zero-order valence-electron chi connectivity index (χ0n) is 30.8. The predicted molar refractivity (Wildman–Crippen MR) is 203 cm³/mol. The summed E-state index contributed by atoms with van der Waals surface area (Å²) in [7, 11) is 2.96. The quantitative estimate of drug-likeness (QED) is 0.275. The van der Waals surface area contributed by atoms with E-state index in [1.807, 2.05) is 121 Å². The van der Waals surface area contributed by atoms with Gasteiger partial charge < -0.3 is 29.4 Å². The van der Waals surface area contributed by atoms with Gasteiger partial charge in [-0.05, 0) is 22.3 Å². The van der Waals surface area contributed by atoms with Gasteiger partial charge in [0, 0.05) is 40.3 Å². The first-order chi connectivity index (χ1) is 26.0. The van der Waals surface area contributed by atoms with Gasteiger partial charge in [0.1, 0.15) is 26.2 Å². The highest BCUT2D eigenvalue weighted by Gasteiger charge is 2.30. The molecule has 1 aliphatic heterocycles. The van der Waals surface area contributed by atoms with Gasteiger partial charge in [-0.2, -0.15) is 0 Å². The molecule has 6 amide bonds. The lowest BCUT2D eigenvalue weighted by molar-refractivity contribution is -0.149. The second-order valence-corrected chi connectivity index (χ2v) is 13.4. The number of nitrogens with zero attached hydrogens (tertiary/aromatic N) is 6. The Morgan fingerprint density at radius 1 is 0.315 bits per heavy atom. The van der Waals surface area contributed by atoms with Crippen LogP contribution in [0.4, 0.5) is 0 Å². The fourth-order valence-corrected chi connectivity index (χ4v) is 6.02. The molecule has 0 bridgehead atoms. The second-order valence-electron chi connectivity index (χ2n) is 13.4. The monoisotopic (exact) mass is 730 g/mol. The predicted octanol–water partition coefficient (Wildman–Crippen LogP) is 3.03. The van der Waals surface area contributed by atoms with Gasteiger partial charge >= 0.3 is 0 Å². The first-order valence-electron chi connectivity index (χ1n) is 17.8. The van der Waals surface area contributed by atoms with Crippen LogP contribution in [0.5, 0.6) is 0 Å². The summed E-state index contributed by atoms with van der Waals surface area (Å²) in [6, 6.07) is 36.7. The van der Waals surface area contributed by atoms with Gasteiger partial charge in [-0.15, -0.1) is 0 Å². The number of carbonyl (C=O) groups is 6. The lowest BCUT2D eigenvalue weighted by atomic mass is 10.2. The second kappa shape index (κ2) is 19.0. The summed E-state index contributed by atoms with van der Waals surface area (Å²) < 4.78 is 0. The maximum Gasteiger partial charge on any atom is 0.242 e. The Morgan fingerprint density at radius 3 is 0.759 bits per heavy atom. The molecule has 0 saturated carbocycles. The molecule has 12 heteroatoms. The average Bonchev–Trinajstić information content (AvgIpc) is 3.17. The molecule has 0 radical (unpaired) electrons. The Morgan fingerprint density at radius 2 is 0.519 bits per heavy atom. The van der Waals surface area contributed by atoms with Gasteiger partial charge in [-0.1, -0.05) is 121 Å². The maximum atomic E-state index is 14.1. The molecule has 1 aliphatic rings. The molecule has 12 nitrogen and oxygen atoms in total. The SMILES string of the molecule is CN1CC(=O)N(Cc2ccccc2)CC(=O)N(Cc2ccccc2)CC(=O)N(C)CC(=O)N(Cc2ccccc2)CC(=O)N(Cc2ccccc2)CC1=O. The van der Waals surface area contributed by atoms with E-state index in [1.165, 1.54) is 43.5 Å². The third kappa shape index (κ3) is 11.3. The van der Waals surface area contributed by atoms with Gasteiger partial charge in [0.25, 0.3) is 0 Å². The maximum absolute atomic E-state index is 14.1. The van der Waals surface area contributed by atoms with E-state index in [9.17, 15) is 28.8 Å². The van der Waals surface area contributed by atoms with Gasteiger partial charge in [0.2, 0.25) is 35.4 Å². The molecule has 0 aromatic heterocycles. The topological polar surface area (TPSA) is 122 Å². The van der Waals surface area contributed by atoms with E-state index in [4.69, 9.17) is 0 Å². The average molecular weight is 731 g/mol. The van der Waals surface area contributed by atoms with Gasteiger partial charge in [0.15, 0.2) is 0 Å². The summed E-state index contributed by atoms with van der Waals surface area (Å²) in [6.07, 6.45) is 0. The van der Waals surface area contributed by atoms with Crippen LogP contribution in [0, 0.1) is 0 Å². The zero-order chi connectivity index (χ0) is 38.5. The van der Waals surface area contributed by atoms with E-state index in [-0.39, 0.29) is 65.4 Å². The van der Waals surface area contributed by atoms with Crippen LogP contribution in [0.1, 0.15) is 22.3 Å². The van der Waals surface area contributed by atoms with Gasteiger partial charge in [0.05, 0.1) is 13.1 Å². The fourth-order valence-electron chi connectivity index (χ4n) is 6.02. The molecule has 4 aromatic rings. The van der Waals surface area contributed by atoms with E-state index in [2.05, 4.69) is 0 Å². The lowest BCUT2D eigenvalue weighted by Gasteiger charge is -2.32. The van der Waals surface area contributed by atoms with E-state index in [1.54, 1.807) is 0 Å². The van der Waals surface area contributed by atoms with Crippen LogP contribution in [0.25, 0.3) is 0 Å². The number of amides is 6. The van der Waals surface area contributed by atoms with E-state index in [0.29, 0.717) is 0 Å². The van der Waals surface area contributed by atoms with Crippen LogP contribution in [0.2, 0.25) is 0 Å². The van der Waals surface area contributed by atoms with Crippen molar-refractivity contribution in [2.45, 2.75) is 26.2 Å². The van der Waals surface area contributed by atoms with Crippen molar-refractivity contribution >= 4 is 35.4 Å². The highest BCUT2D eigenvalue weighted by Crippen LogP contribution is 2.13. The number of benzene rings is 4. The normalized spacial score (nSPS) is 16.2. The summed E-state index contributed by atoms with van der Waals surface area (Å²) in [5.74, 6) is -2.89. The molecule has 0 N–H and O–H groups in total. The van der Waals surface area contributed by atoms with Crippen LogP contribution in [0.15, 0.2) is 121 Å². The summed E-state index contributed by atoms with van der Waals surface area (Å²) >= 11 is 0. The van der Waals surface area contributed by atoms with Crippen LogP contribution in [0.3, 0.4) is 0 Å². The third-order valence-electron chi connectivity index (χ3n) is 9.18. The Bertz CT molecular complexity index is 1680. The highest BCUT2D eigenvalue weighted by atomic mass is 16.2. The van der Waals surface area contributed by atoms with Crippen molar-refractivity contribution in [1.82, 2.24) is 29.4 Å². The standard InChI is InChI=1S/C42H46N6O6/c1-43-27-39(51)47(25-35-19-11-5-12-20-35)31-42(54)46(24-34-17-9-4-10-18-34)30-38(50)44(2)28-40(52)48(26-36-21-13-6-14-22-36)32-41(53)45(29-37(43)49)23-33-15-7-3-8-16-33/h3-22H,23-32H2,1-2H3. The highest BCUT2D eigenvalue weighted by molar-refractivity contribution is 5.93. The number of rotatable bonds is 8. The van der Waals surface area contributed by atoms with Crippen molar-refractivity contribution in [2.24, 2.45) is 0 Å². The molecular formula is C42H46N6O6. The Hall–Kier alpha value is -6.30. The largest absolute Gasteiger partial charge is 0.335 e. The minimum absolute atomic E-state index is 0.0881. The van der Waals surface area contributed by atoms with Crippen LogP contribution < -0.4 is 0 Å². The van der Waals surface area contributed by atoms with Crippen molar-refractivity contribution in [2.75, 3.05) is 53.4 Å². The fraction of sp³-hybridized carbons (Fsp3) is 0.286. The van der Waals surface area contributed by atoms with E-state index in [0.717, 1.165) is 22.3 Å². The van der Waals surface area contributed by atoms with Crippen molar-refractivity contribution in [1.29, 1.82) is 0 Å². The van der Waals surface area contributed by atoms with Gasteiger partial charge in [-0.25, -0.2) is 0 Å². The van der Waals surface area contributed by atoms with Crippen LogP contribution in [-0.2, 0) is 54.9 Å². The molecular weight excluding hydrogens is 684 g/mol. The number of hydrogen-bond acceptors (Lipinski definition) is 6. The van der Waals surface area contributed by atoms with Crippen molar-refractivity contribution in [3.63, 3.8) is 0 Å². The number of hydrogen-bond donors (Lipinski definition) is 0. The lowest BCUT2D eigenvalue weighted by Crippen LogP contribution is -2.52. The molecule has 0 spiro atoms. The molecule has 5 rings (SSSR count). The van der Waals surface area contributed by atoms with Crippen molar-refractivity contribution in [3.05, 3.63) is 144 Å². The van der Waals surface area contributed by atoms with Gasteiger partial charge in [-0.3, -0.25) is 28.8 Å². The molecule has 0 atom stereocenters. The summed E-state index contributed by atoms with van der Waals surface area (Å²) in [5.41, 5.74) is 3.11. The molecule has 1 saturated heterocycles. The Balaban J connectivity index is 1.49. The van der Waals surface area contributed by atoms with E-state index < -0.39 is 35.4 Å². The zero-order valence-corrected chi connectivity index (χ0v) is 30.8.